The standard InChI is InChI=1S/C34H41Cl3O12/c1-16-19(39)14-33(44)26(47-27(42)18-11-9-8-10-12-18)24-31(7,25(41)23(40)22(16)29(33,3)4)20(13-21-32(24,15-45-21)48-17(2)38)46-28(43)49-30(5,6)34(35,36)37/h8-12,19-21,23-24,26,39-40,44H,13-15H2,1-7H3/t19-,20-,21+,23+,24-,26-,31+,32-,33+/m0/s1. The lowest BCUT2D eigenvalue weighted by molar-refractivity contribution is -0.346. The van der Waals surface area contributed by atoms with Gasteiger partial charge in [0.05, 0.1) is 29.6 Å². The maximum Gasteiger partial charge on any atom is 0.509 e. The van der Waals surface area contributed by atoms with E-state index >= 15 is 0 Å². The molecule has 0 spiro atoms. The second-order valence-electron chi connectivity index (χ2n) is 14.6. The van der Waals surface area contributed by atoms with E-state index in [0.717, 1.165) is 6.92 Å². The van der Waals surface area contributed by atoms with Crippen LogP contribution in [0.25, 0.3) is 0 Å². The molecular formula is C34H41Cl3O12. The highest BCUT2D eigenvalue weighted by molar-refractivity contribution is 6.68. The molecule has 0 aromatic heterocycles. The Bertz CT molecular complexity index is 1570. The number of aliphatic hydroxyl groups is 3. The lowest BCUT2D eigenvalue weighted by Crippen LogP contribution is -2.82. The van der Waals surface area contributed by atoms with E-state index in [4.69, 9.17) is 58.5 Å². The number of hydrogen-bond donors (Lipinski definition) is 3. The lowest BCUT2D eigenvalue weighted by atomic mass is 9.44. The Morgan fingerprint density at radius 3 is 2.16 bits per heavy atom. The molecule has 1 saturated heterocycles. The van der Waals surface area contributed by atoms with Gasteiger partial charge in [-0.15, -0.1) is 0 Å². The SMILES string of the molecule is CC(=O)O[C@@]12CO[C@@H]1C[C@H](OC(=O)OC(C)(C)C(Cl)(Cl)Cl)[C@@]1(C)C(=O)[C@H](O)C3=C(C)[C@@H](O)C[C@@](O)([C@@H](OC(=O)c4ccccc4)[C@H]21)C3(C)C. The van der Waals surface area contributed by atoms with Crippen LogP contribution in [0.15, 0.2) is 41.5 Å². The molecule has 2 bridgehead atoms. The molecule has 49 heavy (non-hydrogen) atoms. The van der Waals surface area contributed by atoms with Crippen LogP contribution in [-0.4, -0.2) is 96.9 Å². The second kappa shape index (κ2) is 12.4. The van der Waals surface area contributed by atoms with Crippen LogP contribution in [0.2, 0.25) is 0 Å². The van der Waals surface area contributed by atoms with Gasteiger partial charge in [0.1, 0.15) is 30.0 Å². The van der Waals surface area contributed by atoms with Gasteiger partial charge >= 0.3 is 18.1 Å². The van der Waals surface area contributed by atoms with Crippen LogP contribution in [0.5, 0.6) is 0 Å². The molecule has 12 nitrogen and oxygen atoms in total. The Morgan fingerprint density at radius 2 is 1.63 bits per heavy atom. The molecular weight excluding hydrogens is 707 g/mol. The predicted octanol–water partition coefficient (Wildman–Crippen LogP) is 4.39. The number of halogens is 3. The number of fused-ring (bicyclic) bond motifs is 5. The van der Waals surface area contributed by atoms with E-state index in [0.29, 0.717) is 0 Å². The number of carbonyl (C=O) groups is 4. The quantitative estimate of drug-likeness (QED) is 0.168. The molecule has 1 aromatic carbocycles. The molecule has 270 valence electrons. The van der Waals surface area contributed by atoms with E-state index in [-0.39, 0.29) is 29.7 Å². The normalized spacial score (nSPS) is 37.0. The zero-order chi connectivity index (χ0) is 36.7. The van der Waals surface area contributed by atoms with Crippen LogP contribution >= 0.6 is 34.8 Å². The summed E-state index contributed by atoms with van der Waals surface area (Å²) in [6.07, 6.45) is -9.60. The van der Waals surface area contributed by atoms with Crippen LogP contribution in [0.4, 0.5) is 4.79 Å². The predicted molar refractivity (Wildman–Crippen MR) is 175 cm³/mol. The van der Waals surface area contributed by atoms with Gasteiger partial charge in [0.25, 0.3) is 0 Å². The number of Topliss-reactive ketones (excluding diaryl/α,β-unsaturated/α-hetero) is 1. The summed E-state index contributed by atoms with van der Waals surface area (Å²) in [5.41, 5.74) is -8.91. The maximum atomic E-state index is 15.0. The van der Waals surface area contributed by atoms with Gasteiger partial charge in [-0.2, -0.15) is 0 Å². The molecule has 0 unspecified atom stereocenters. The van der Waals surface area contributed by atoms with Crippen molar-refractivity contribution in [3.63, 3.8) is 0 Å². The van der Waals surface area contributed by atoms with Crippen LogP contribution < -0.4 is 0 Å². The fraction of sp³-hybridized carbons (Fsp3) is 0.647. The minimum atomic E-state index is -2.22. The van der Waals surface area contributed by atoms with Gasteiger partial charge in [-0.25, -0.2) is 9.59 Å². The molecule has 1 aliphatic heterocycles. The summed E-state index contributed by atoms with van der Waals surface area (Å²) in [6.45, 7) is 9.57. The van der Waals surface area contributed by atoms with E-state index in [9.17, 15) is 34.5 Å². The highest BCUT2D eigenvalue weighted by Gasteiger charge is 2.78. The number of benzene rings is 1. The summed E-state index contributed by atoms with van der Waals surface area (Å²) in [7, 11) is 0. The van der Waals surface area contributed by atoms with E-state index < -0.39 is 98.2 Å². The van der Waals surface area contributed by atoms with Crippen LogP contribution in [0.1, 0.15) is 71.7 Å². The minimum absolute atomic E-state index is 0.00590. The Hall–Kier alpha value is -2.45. The molecule has 15 heteroatoms. The first-order valence-electron chi connectivity index (χ1n) is 15.8. The van der Waals surface area contributed by atoms with E-state index in [2.05, 4.69) is 0 Å². The zero-order valence-electron chi connectivity index (χ0n) is 28.1. The topological polar surface area (TPSA) is 175 Å². The summed E-state index contributed by atoms with van der Waals surface area (Å²) in [6, 6.07) is 7.89. The number of esters is 2. The molecule has 4 aliphatic rings. The molecule has 3 N–H and O–H groups in total. The number of carbonyl (C=O) groups excluding carboxylic acids is 4. The zero-order valence-corrected chi connectivity index (χ0v) is 30.4. The average molecular weight is 748 g/mol. The third kappa shape index (κ3) is 5.75. The number of alkyl halides is 3. The smallest absolute Gasteiger partial charge is 0.455 e. The third-order valence-electron chi connectivity index (χ3n) is 11.2. The van der Waals surface area contributed by atoms with Crippen molar-refractivity contribution >= 4 is 58.7 Å². The van der Waals surface area contributed by atoms with Crippen LogP contribution in [0.3, 0.4) is 0 Å². The first-order chi connectivity index (χ1) is 22.5. The van der Waals surface area contributed by atoms with E-state index in [1.165, 1.54) is 39.8 Å². The van der Waals surface area contributed by atoms with Gasteiger partial charge in [-0.05, 0) is 51.0 Å². The Labute approximate surface area is 298 Å². The lowest BCUT2D eigenvalue weighted by Gasteiger charge is -2.67. The molecule has 0 amide bonds. The van der Waals surface area contributed by atoms with Gasteiger partial charge in [0.2, 0.25) is 3.79 Å². The van der Waals surface area contributed by atoms with Gasteiger partial charge < -0.3 is 39.0 Å². The maximum absolute atomic E-state index is 15.0. The summed E-state index contributed by atoms with van der Waals surface area (Å²) in [4.78, 5) is 55.1. The van der Waals surface area contributed by atoms with Gasteiger partial charge in [-0.1, -0.05) is 66.8 Å². The highest BCUT2D eigenvalue weighted by Crippen LogP contribution is 2.64. The molecule has 2 saturated carbocycles. The van der Waals surface area contributed by atoms with Gasteiger partial charge in [0.15, 0.2) is 17.0 Å². The van der Waals surface area contributed by atoms with E-state index in [1.54, 1.807) is 32.0 Å². The van der Waals surface area contributed by atoms with Crippen molar-refractivity contribution in [1.82, 2.24) is 0 Å². The number of ether oxygens (including phenoxy) is 5. The molecule has 9 atom stereocenters. The summed E-state index contributed by atoms with van der Waals surface area (Å²) >= 11 is 18.1. The van der Waals surface area contributed by atoms with Crippen LogP contribution in [0, 0.1) is 16.7 Å². The number of ketones is 1. The molecule has 1 heterocycles. The second-order valence-corrected chi connectivity index (χ2v) is 16.9. The number of hydrogen-bond acceptors (Lipinski definition) is 12. The minimum Gasteiger partial charge on any atom is -0.455 e. The molecule has 3 aliphatic carbocycles. The third-order valence-corrected chi connectivity index (χ3v) is 12.5. The van der Waals surface area contributed by atoms with E-state index in [1.807, 2.05) is 0 Å². The fourth-order valence-corrected chi connectivity index (χ4v) is 8.33. The van der Waals surface area contributed by atoms with Crippen molar-refractivity contribution in [3.8, 4) is 0 Å². The molecule has 3 fully saturated rings. The summed E-state index contributed by atoms with van der Waals surface area (Å²) < 4.78 is 27.2. The Kier molecular flexibility index (Phi) is 9.53. The number of aliphatic hydroxyl groups excluding tert-OH is 2. The molecule has 5 rings (SSSR count). The van der Waals surface area contributed by atoms with Gasteiger partial charge in [0, 0.05) is 25.2 Å². The summed E-state index contributed by atoms with van der Waals surface area (Å²) in [5, 5.41) is 36.2. The summed E-state index contributed by atoms with van der Waals surface area (Å²) in [5.74, 6) is -4.10. The molecule has 0 radical (unpaired) electrons. The first kappa shape index (κ1) is 37.8. The Morgan fingerprint density at radius 1 is 1.02 bits per heavy atom. The average Bonchev–Trinajstić information content (AvgIpc) is 2.98. The number of rotatable bonds is 5. The molecule has 1 aromatic rings. The van der Waals surface area contributed by atoms with Crippen molar-refractivity contribution in [2.75, 3.05) is 6.61 Å². The van der Waals surface area contributed by atoms with Crippen molar-refractivity contribution in [3.05, 3.63) is 47.0 Å². The van der Waals surface area contributed by atoms with Gasteiger partial charge in [-0.3, -0.25) is 9.59 Å². The van der Waals surface area contributed by atoms with Crippen molar-refractivity contribution in [2.45, 2.75) is 112 Å². The van der Waals surface area contributed by atoms with Crippen LogP contribution in [-0.2, 0) is 33.3 Å². The first-order valence-corrected chi connectivity index (χ1v) is 17.0. The fourth-order valence-electron chi connectivity index (χ4n) is 8.22. The van der Waals surface area contributed by atoms with Crippen molar-refractivity contribution < 1.29 is 58.2 Å². The highest BCUT2D eigenvalue weighted by atomic mass is 35.6. The van der Waals surface area contributed by atoms with Crippen molar-refractivity contribution in [2.24, 2.45) is 16.7 Å². The van der Waals surface area contributed by atoms with Crippen molar-refractivity contribution in [1.29, 1.82) is 0 Å². The monoisotopic (exact) mass is 746 g/mol. The largest absolute Gasteiger partial charge is 0.509 e. The Balaban J connectivity index is 1.77.